The first kappa shape index (κ1) is 17.8. The van der Waals surface area contributed by atoms with E-state index in [2.05, 4.69) is 41.4 Å². The molecule has 0 aliphatic heterocycles. The van der Waals surface area contributed by atoms with Gasteiger partial charge in [-0.25, -0.2) is 0 Å². The summed E-state index contributed by atoms with van der Waals surface area (Å²) < 4.78 is 0. The van der Waals surface area contributed by atoms with E-state index < -0.39 is 6.04 Å². The fourth-order valence-electron chi connectivity index (χ4n) is 2.72. The number of hydrogen-bond acceptors (Lipinski definition) is 4. The lowest BCUT2D eigenvalue weighted by atomic mass is 10.0. The van der Waals surface area contributed by atoms with Crippen molar-refractivity contribution in [2.24, 2.45) is 0 Å². The first-order valence-corrected chi connectivity index (χ1v) is 8.63. The first-order valence-electron chi connectivity index (χ1n) is 8.63. The summed E-state index contributed by atoms with van der Waals surface area (Å²) in [5, 5.41) is 12.8. The molecule has 1 aromatic heterocycles. The quantitative estimate of drug-likeness (QED) is 0.710. The monoisotopic (exact) mass is 349 g/mol. The average molecular weight is 349 g/mol. The molecule has 1 amide bonds. The molecule has 0 aliphatic rings. The summed E-state index contributed by atoms with van der Waals surface area (Å²) in [5.74, 6) is 0.871. The van der Waals surface area contributed by atoms with Gasteiger partial charge < -0.3 is 4.90 Å². The Morgan fingerprint density at radius 3 is 2.19 bits per heavy atom. The highest BCUT2D eigenvalue weighted by Gasteiger charge is 2.27. The molecule has 0 bridgehead atoms. The number of nitrogens with zero attached hydrogens (tertiary/aromatic N) is 5. The van der Waals surface area contributed by atoms with Crippen LogP contribution in [0, 0.1) is 0 Å². The lowest BCUT2D eigenvalue weighted by Gasteiger charge is -2.19. The molecular formula is C20H23N5O. The van der Waals surface area contributed by atoms with Crippen LogP contribution < -0.4 is 0 Å². The van der Waals surface area contributed by atoms with Crippen molar-refractivity contribution in [3.63, 3.8) is 0 Å². The van der Waals surface area contributed by atoms with Crippen LogP contribution in [0.3, 0.4) is 0 Å². The topological polar surface area (TPSA) is 63.9 Å². The van der Waals surface area contributed by atoms with Gasteiger partial charge in [-0.15, -0.1) is 15.0 Å². The van der Waals surface area contributed by atoms with Gasteiger partial charge in [0.1, 0.15) is 0 Å². The number of carbonyl (C=O) groups excluding carboxylic acids is 1. The van der Waals surface area contributed by atoms with E-state index in [-0.39, 0.29) is 5.91 Å². The van der Waals surface area contributed by atoms with E-state index in [0.717, 1.165) is 11.1 Å². The third kappa shape index (κ3) is 3.64. The second-order valence-corrected chi connectivity index (χ2v) is 6.76. The maximum absolute atomic E-state index is 12.7. The third-order valence-electron chi connectivity index (χ3n) is 4.28. The number of benzene rings is 2. The summed E-state index contributed by atoms with van der Waals surface area (Å²) in [6.07, 6.45) is 0. The Labute approximate surface area is 153 Å². The summed E-state index contributed by atoms with van der Waals surface area (Å²) in [7, 11) is 3.45. The minimum Gasteiger partial charge on any atom is -0.347 e. The van der Waals surface area contributed by atoms with Gasteiger partial charge in [-0.1, -0.05) is 68.4 Å². The van der Waals surface area contributed by atoms with Crippen molar-refractivity contribution in [2.45, 2.75) is 25.8 Å². The number of tetrazole rings is 1. The molecule has 0 saturated carbocycles. The van der Waals surface area contributed by atoms with Crippen molar-refractivity contribution in [1.29, 1.82) is 0 Å². The lowest BCUT2D eigenvalue weighted by molar-refractivity contribution is -0.131. The summed E-state index contributed by atoms with van der Waals surface area (Å²) >= 11 is 0. The molecule has 0 radical (unpaired) electrons. The van der Waals surface area contributed by atoms with Gasteiger partial charge in [0, 0.05) is 19.7 Å². The molecule has 2 aromatic carbocycles. The van der Waals surface area contributed by atoms with Gasteiger partial charge in [0.05, 0.1) is 0 Å². The SMILES string of the molecule is CC(C)c1ccc(-c2nnn([C@H](C(=O)N(C)C)c3ccccc3)n2)cc1. The Bertz CT molecular complexity index is 869. The summed E-state index contributed by atoms with van der Waals surface area (Å²) in [4.78, 5) is 15.6. The third-order valence-corrected chi connectivity index (χ3v) is 4.28. The van der Waals surface area contributed by atoms with Crippen molar-refractivity contribution < 1.29 is 4.79 Å². The van der Waals surface area contributed by atoms with Gasteiger partial charge in [0.25, 0.3) is 5.91 Å². The van der Waals surface area contributed by atoms with E-state index >= 15 is 0 Å². The Kier molecular flexibility index (Phi) is 5.11. The number of rotatable bonds is 5. The molecular weight excluding hydrogens is 326 g/mol. The van der Waals surface area contributed by atoms with E-state index in [1.54, 1.807) is 14.1 Å². The minimum absolute atomic E-state index is 0.102. The number of carbonyl (C=O) groups is 1. The van der Waals surface area contributed by atoms with Gasteiger partial charge in [-0.2, -0.15) is 0 Å². The lowest BCUT2D eigenvalue weighted by Crippen LogP contribution is -2.33. The van der Waals surface area contributed by atoms with Crippen LogP contribution in [0.2, 0.25) is 0 Å². The second kappa shape index (κ2) is 7.47. The van der Waals surface area contributed by atoms with Crippen molar-refractivity contribution >= 4 is 5.91 Å². The average Bonchev–Trinajstić information content (AvgIpc) is 3.12. The normalized spacial score (nSPS) is 12.2. The van der Waals surface area contributed by atoms with E-state index in [1.165, 1.54) is 15.3 Å². The zero-order valence-electron chi connectivity index (χ0n) is 15.5. The molecule has 3 aromatic rings. The predicted molar refractivity (Wildman–Crippen MR) is 101 cm³/mol. The highest BCUT2D eigenvalue weighted by molar-refractivity contribution is 5.83. The predicted octanol–water partition coefficient (Wildman–Crippen LogP) is 3.14. The Balaban J connectivity index is 1.96. The molecule has 1 heterocycles. The molecule has 0 saturated heterocycles. The Hall–Kier alpha value is -3.02. The molecule has 0 unspecified atom stereocenters. The molecule has 134 valence electrons. The molecule has 0 aliphatic carbocycles. The zero-order chi connectivity index (χ0) is 18.7. The van der Waals surface area contributed by atoms with Crippen LogP contribution in [0.5, 0.6) is 0 Å². The van der Waals surface area contributed by atoms with Crippen LogP contribution >= 0.6 is 0 Å². The zero-order valence-corrected chi connectivity index (χ0v) is 15.5. The molecule has 0 fully saturated rings. The molecule has 6 heteroatoms. The number of hydrogen-bond donors (Lipinski definition) is 0. The molecule has 0 spiro atoms. The maximum Gasteiger partial charge on any atom is 0.253 e. The van der Waals surface area contributed by atoms with Gasteiger partial charge >= 0.3 is 0 Å². The van der Waals surface area contributed by atoms with Gasteiger partial charge in [0.2, 0.25) is 5.82 Å². The van der Waals surface area contributed by atoms with Gasteiger partial charge in [-0.05, 0) is 22.3 Å². The largest absolute Gasteiger partial charge is 0.347 e. The fraction of sp³-hybridized carbons (Fsp3) is 0.300. The minimum atomic E-state index is -0.637. The van der Waals surface area contributed by atoms with E-state index in [4.69, 9.17) is 0 Å². The van der Waals surface area contributed by atoms with E-state index in [1.807, 2.05) is 42.5 Å². The summed E-state index contributed by atoms with van der Waals surface area (Å²) in [6, 6.07) is 17.0. The van der Waals surface area contributed by atoms with E-state index in [0.29, 0.717) is 11.7 Å². The molecule has 26 heavy (non-hydrogen) atoms. The van der Waals surface area contributed by atoms with Crippen LogP contribution in [-0.4, -0.2) is 45.1 Å². The van der Waals surface area contributed by atoms with Gasteiger partial charge in [-0.3, -0.25) is 4.79 Å². The molecule has 6 nitrogen and oxygen atoms in total. The number of amides is 1. The second-order valence-electron chi connectivity index (χ2n) is 6.76. The Morgan fingerprint density at radius 1 is 0.962 bits per heavy atom. The molecule has 0 N–H and O–H groups in total. The van der Waals surface area contributed by atoms with Crippen LogP contribution in [-0.2, 0) is 4.79 Å². The summed E-state index contributed by atoms with van der Waals surface area (Å²) in [5.41, 5.74) is 2.96. The maximum atomic E-state index is 12.7. The van der Waals surface area contributed by atoms with Crippen LogP contribution in [0.4, 0.5) is 0 Å². The van der Waals surface area contributed by atoms with Crippen LogP contribution in [0.1, 0.15) is 36.9 Å². The van der Waals surface area contributed by atoms with Gasteiger partial charge in [0.15, 0.2) is 6.04 Å². The van der Waals surface area contributed by atoms with Crippen molar-refractivity contribution in [3.8, 4) is 11.4 Å². The summed E-state index contributed by atoms with van der Waals surface area (Å²) in [6.45, 7) is 4.31. The van der Waals surface area contributed by atoms with Crippen LogP contribution in [0.15, 0.2) is 54.6 Å². The Morgan fingerprint density at radius 2 is 1.62 bits per heavy atom. The van der Waals surface area contributed by atoms with Crippen molar-refractivity contribution in [1.82, 2.24) is 25.1 Å². The standard InChI is InChI=1S/C20H23N5O/c1-14(2)15-10-12-17(13-11-15)19-21-23-25(22-19)18(20(26)24(3)4)16-8-6-5-7-9-16/h5-14,18H,1-4H3/t18-/m0/s1. The van der Waals surface area contributed by atoms with Crippen molar-refractivity contribution in [3.05, 3.63) is 65.7 Å². The first-order chi connectivity index (χ1) is 12.5. The number of aromatic nitrogens is 4. The smallest absolute Gasteiger partial charge is 0.253 e. The van der Waals surface area contributed by atoms with Crippen molar-refractivity contribution in [2.75, 3.05) is 14.1 Å². The highest BCUT2D eigenvalue weighted by Crippen LogP contribution is 2.22. The molecule has 3 rings (SSSR count). The van der Waals surface area contributed by atoms with Crippen LogP contribution in [0.25, 0.3) is 11.4 Å². The fourth-order valence-corrected chi connectivity index (χ4v) is 2.72. The number of likely N-dealkylation sites (N-methyl/N-ethyl adjacent to an activating group) is 1. The highest BCUT2D eigenvalue weighted by atomic mass is 16.2. The molecule has 1 atom stereocenters. The van der Waals surface area contributed by atoms with E-state index in [9.17, 15) is 4.79 Å².